The third kappa shape index (κ3) is 4.28. The first-order valence-electron chi connectivity index (χ1n) is 9.14. The predicted molar refractivity (Wildman–Crippen MR) is 119 cm³/mol. The van der Waals surface area contributed by atoms with Crippen molar-refractivity contribution in [2.75, 3.05) is 12.4 Å². The lowest BCUT2D eigenvalue weighted by molar-refractivity contribution is -0.139. The Morgan fingerprint density at radius 3 is 2.83 bits per heavy atom. The van der Waals surface area contributed by atoms with Crippen molar-refractivity contribution in [1.29, 1.82) is 0 Å². The molecule has 30 heavy (non-hydrogen) atoms. The molecule has 0 fully saturated rings. The van der Waals surface area contributed by atoms with Crippen molar-refractivity contribution >= 4 is 50.9 Å². The van der Waals surface area contributed by atoms with Crippen molar-refractivity contribution in [2.45, 2.75) is 18.6 Å². The molecule has 2 heterocycles. The van der Waals surface area contributed by atoms with Gasteiger partial charge in [-0.2, -0.15) is 0 Å². The molecule has 0 unspecified atom stereocenters. The summed E-state index contributed by atoms with van der Waals surface area (Å²) in [5.41, 5.74) is 1.59. The second kappa shape index (κ2) is 9.03. The first-order valence-corrected chi connectivity index (χ1v) is 11.3. The zero-order valence-corrected chi connectivity index (χ0v) is 18.3. The molecule has 0 bridgehead atoms. The number of carbonyl (C=O) groups is 1. The van der Waals surface area contributed by atoms with Crippen molar-refractivity contribution in [3.8, 4) is 5.69 Å². The predicted octanol–water partition coefficient (Wildman–Crippen LogP) is 4.00. The summed E-state index contributed by atoms with van der Waals surface area (Å²) in [6.07, 6.45) is 0. The molecule has 10 heteroatoms. The van der Waals surface area contributed by atoms with E-state index in [0.717, 1.165) is 15.9 Å². The van der Waals surface area contributed by atoms with Crippen LogP contribution in [0.5, 0.6) is 0 Å². The van der Waals surface area contributed by atoms with Gasteiger partial charge in [0.25, 0.3) is 0 Å². The molecule has 0 radical (unpaired) electrons. The lowest BCUT2D eigenvalue weighted by Gasteiger charge is -2.11. The van der Waals surface area contributed by atoms with E-state index in [1.54, 1.807) is 23.6 Å². The molecule has 154 valence electrons. The van der Waals surface area contributed by atoms with Crippen LogP contribution in [0.1, 0.15) is 12.7 Å². The fraction of sp³-hybridized carbons (Fsp3) is 0.200. The van der Waals surface area contributed by atoms with Gasteiger partial charge in [-0.25, -0.2) is 0 Å². The molecular formula is C20H17ClN4O3S2. The number of ether oxygens (including phenoxy) is 1. The van der Waals surface area contributed by atoms with Crippen LogP contribution in [0, 0.1) is 0 Å². The van der Waals surface area contributed by atoms with E-state index >= 15 is 0 Å². The minimum Gasteiger partial charge on any atom is -0.465 e. The number of aromatic nitrogens is 4. The summed E-state index contributed by atoms with van der Waals surface area (Å²) in [5.74, 6) is 0.340. The zero-order chi connectivity index (χ0) is 21.1. The Labute approximate surface area is 185 Å². The molecule has 2 aromatic heterocycles. The number of benzene rings is 2. The lowest BCUT2D eigenvalue weighted by Crippen LogP contribution is -2.17. The number of halogens is 1. The number of para-hydroxylation sites is 1. The van der Waals surface area contributed by atoms with E-state index in [9.17, 15) is 9.59 Å². The third-order valence-electron chi connectivity index (χ3n) is 4.26. The molecule has 0 spiro atoms. The van der Waals surface area contributed by atoms with Gasteiger partial charge in [0.15, 0.2) is 11.0 Å². The van der Waals surface area contributed by atoms with Crippen LogP contribution in [0.4, 0.5) is 0 Å². The van der Waals surface area contributed by atoms with Gasteiger partial charge >= 0.3 is 10.8 Å². The molecule has 0 aliphatic rings. The number of nitrogens with zero attached hydrogens (tertiary/aromatic N) is 4. The maximum absolute atomic E-state index is 12.6. The molecule has 2 aromatic carbocycles. The van der Waals surface area contributed by atoms with Crippen molar-refractivity contribution in [2.24, 2.45) is 0 Å². The summed E-state index contributed by atoms with van der Waals surface area (Å²) < 4.78 is 9.40. The second-order valence-electron chi connectivity index (χ2n) is 6.23. The van der Waals surface area contributed by atoms with Gasteiger partial charge in [0.05, 0.1) is 34.8 Å². The summed E-state index contributed by atoms with van der Waals surface area (Å²) in [6, 6.07) is 14.9. The first kappa shape index (κ1) is 20.6. The molecule has 0 atom stereocenters. The highest BCUT2D eigenvalue weighted by Gasteiger charge is 2.18. The summed E-state index contributed by atoms with van der Waals surface area (Å²) in [4.78, 5) is 24.3. The fourth-order valence-corrected chi connectivity index (χ4v) is 4.85. The Balaban J connectivity index is 1.75. The maximum atomic E-state index is 12.6. The molecular weight excluding hydrogens is 444 g/mol. The Hall–Kier alpha value is -2.62. The van der Waals surface area contributed by atoms with Gasteiger partial charge in [-0.15, -0.1) is 10.2 Å². The smallest absolute Gasteiger partial charge is 0.316 e. The Kier molecular flexibility index (Phi) is 6.21. The number of fused-ring (bicyclic) bond motifs is 1. The van der Waals surface area contributed by atoms with E-state index in [-0.39, 0.29) is 23.1 Å². The van der Waals surface area contributed by atoms with Crippen LogP contribution in [0.25, 0.3) is 15.9 Å². The van der Waals surface area contributed by atoms with Gasteiger partial charge in [0, 0.05) is 5.02 Å². The van der Waals surface area contributed by atoms with E-state index < -0.39 is 0 Å². The monoisotopic (exact) mass is 460 g/mol. The molecule has 4 aromatic rings. The minimum absolute atomic E-state index is 0.0717. The normalized spacial score (nSPS) is 11.1. The van der Waals surface area contributed by atoms with Gasteiger partial charge < -0.3 is 4.74 Å². The molecule has 0 saturated heterocycles. The first-order chi connectivity index (χ1) is 14.6. The molecule has 0 aliphatic heterocycles. The van der Waals surface area contributed by atoms with Crippen molar-refractivity contribution in [3.63, 3.8) is 0 Å². The van der Waals surface area contributed by atoms with Crippen molar-refractivity contribution in [1.82, 2.24) is 19.3 Å². The number of thioether (sulfide) groups is 1. The summed E-state index contributed by atoms with van der Waals surface area (Å²) in [5, 5.41) is 9.65. The molecule has 0 aliphatic carbocycles. The molecule has 7 nitrogen and oxygen atoms in total. The summed E-state index contributed by atoms with van der Waals surface area (Å²) >= 11 is 8.61. The van der Waals surface area contributed by atoms with Crippen molar-refractivity contribution in [3.05, 3.63) is 69.0 Å². The highest BCUT2D eigenvalue weighted by atomic mass is 35.5. The SMILES string of the molecule is CCOC(=O)CSc1nnc(Cn2c(=O)sc3ccccc32)n1-c1cccc(Cl)c1. The van der Waals surface area contributed by atoms with E-state index in [2.05, 4.69) is 10.2 Å². The Morgan fingerprint density at radius 2 is 2.03 bits per heavy atom. The highest BCUT2D eigenvalue weighted by Crippen LogP contribution is 2.25. The van der Waals surface area contributed by atoms with E-state index in [1.807, 2.05) is 41.0 Å². The number of carbonyl (C=O) groups excluding carboxylic acids is 1. The standard InChI is InChI=1S/C20H17ClN4O3S2/c1-2-28-18(26)12-29-19-23-22-17(25(19)14-7-5-6-13(21)10-14)11-24-15-8-3-4-9-16(15)30-20(24)27/h3-10H,2,11-12H2,1H3. The molecule has 4 rings (SSSR count). The third-order valence-corrected chi connectivity index (χ3v) is 6.36. The molecule has 0 N–H and O–H groups in total. The van der Waals surface area contributed by atoms with Crippen LogP contribution in [0.2, 0.25) is 5.02 Å². The average Bonchev–Trinajstić information content (AvgIpc) is 3.27. The van der Waals surface area contributed by atoms with Gasteiger partial charge in [0.1, 0.15) is 0 Å². The van der Waals surface area contributed by atoms with E-state index in [4.69, 9.17) is 16.3 Å². The van der Waals surface area contributed by atoms with E-state index in [1.165, 1.54) is 23.1 Å². The van der Waals surface area contributed by atoms with Gasteiger partial charge in [-0.1, -0.05) is 52.9 Å². The summed E-state index contributed by atoms with van der Waals surface area (Å²) in [6.45, 7) is 2.32. The van der Waals surface area contributed by atoms with E-state index in [0.29, 0.717) is 22.6 Å². The fourth-order valence-electron chi connectivity index (χ4n) is 3.00. The van der Waals surface area contributed by atoms with Crippen LogP contribution in [0.15, 0.2) is 58.5 Å². The van der Waals surface area contributed by atoms with Crippen LogP contribution in [-0.4, -0.2) is 37.7 Å². The Morgan fingerprint density at radius 1 is 1.20 bits per heavy atom. The average molecular weight is 461 g/mol. The number of thiazole rings is 1. The Bertz CT molecular complexity index is 1260. The largest absolute Gasteiger partial charge is 0.465 e. The topological polar surface area (TPSA) is 79.0 Å². The minimum atomic E-state index is -0.329. The van der Waals surface area contributed by atoms with Crippen LogP contribution >= 0.6 is 34.7 Å². The number of esters is 1. The van der Waals surface area contributed by atoms with Gasteiger partial charge in [-0.05, 0) is 37.3 Å². The molecule has 0 saturated carbocycles. The molecule has 0 amide bonds. The van der Waals surface area contributed by atoms with Crippen LogP contribution < -0.4 is 4.87 Å². The van der Waals surface area contributed by atoms with Crippen LogP contribution in [-0.2, 0) is 16.1 Å². The number of hydrogen-bond acceptors (Lipinski definition) is 7. The van der Waals surface area contributed by atoms with Gasteiger partial charge in [0.2, 0.25) is 0 Å². The lowest BCUT2D eigenvalue weighted by atomic mass is 10.3. The zero-order valence-electron chi connectivity index (χ0n) is 15.9. The maximum Gasteiger partial charge on any atom is 0.316 e. The summed E-state index contributed by atoms with van der Waals surface area (Å²) in [7, 11) is 0. The van der Waals surface area contributed by atoms with Gasteiger partial charge in [-0.3, -0.25) is 18.7 Å². The quantitative estimate of drug-likeness (QED) is 0.306. The second-order valence-corrected chi connectivity index (χ2v) is 8.60. The number of hydrogen-bond donors (Lipinski definition) is 0. The number of rotatable bonds is 7. The highest BCUT2D eigenvalue weighted by molar-refractivity contribution is 7.99. The van der Waals surface area contributed by atoms with Crippen LogP contribution in [0.3, 0.4) is 0 Å². The van der Waals surface area contributed by atoms with Crippen molar-refractivity contribution < 1.29 is 9.53 Å².